The highest BCUT2D eigenvalue weighted by molar-refractivity contribution is 5.83. The van der Waals surface area contributed by atoms with Crippen molar-refractivity contribution in [1.29, 1.82) is 0 Å². The Morgan fingerprint density at radius 2 is 1.59 bits per heavy atom. The second-order valence-corrected chi connectivity index (χ2v) is 3.41. The molecule has 1 aromatic carbocycles. The van der Waals surface area contributed by atoms with Crippen molar-refractivity contribution in [2.45, 2.75) is 0 Å². The molecule has 88 valence electrons. The van der Waals surface area contributed by atoms with E-state index in [1.54, 1.807) is 0 Å². The highest BCUT2D eigenvalue weighted by atomic mass is 19.2. The van der Waals surface area contributed by atoms with E-state index >= 15 is 0 Å². The standard InChI is InChI=1S/C11H8F3N3/c12-7-2-1-5(9(13)10(7)14)6-3-17-4-8(15)11(6)16/h1-4H,15H2,(H2,16,17). The summed E-state index contributed by atoms with van der Waals surface area (Å²) in [5, 5.41) is 0. The summed E-state index contributed by atoms with van der Waals surface area (Å²) in [6.07, 6.45) is 2.53. The van der Waals surface area contributed by atoms with Gasteiger partial charge in [0.05, 0.1) is 17.6 Å². The van der Waals surface area contributed by atoms with Crippen LogP contribution in [-0.2, 0) is 0 Å². The molecular formula is C11H8F3N3. The Morgan fingerprint density at radius 3 is 2.29 bits per heavy atom. The summed E-state index contributed by atoms with van der Waals surface area (Å²) in [4.78, 5) is 3.73. The van der Waals surface area contributed by atoms with Gasteiger partial charge in [0, 0.05) is 17.3 Å². The molecule has 6 heteroatoms. The minimum Gasteiger partial charge on any atom is -0.396 e. The molecule has 0 unspecified atom stereocenters. The minimum atomic E-state index is -1.55. The fourth-order valence-corrected chi connectivity index (χ4v) is 1.44. The Bertz CT molecular complexity index is 584. The first-order valence-corrected chi connectivity index (χ1v) is 4.65. The van der Waals surface area contributed by atoms with Crippen molar-refractivity contribution in [3.05, 3.63) is 42.0 Å². The minimum absolute atomic E-state index is 0.0740. The Hall–Kier alpha value is -2.24. The lowest BCUT2D eigenvalue weighted by Crippen LogP contribution is -2.01. The number of rotatable bonds is 1. The predicted octanol–water partition coefficient (Wildman–Crippen LogP) is 2.33. The molecule has 2 aromatic rings. The van der Waals surface area contributed by atoms with Crippen LogP contribution in [0.5, 0.6) is 0 Å². The quantitative estimate of drug-likeness (QED) is 0.750. The lowest BCUT2D eigenvalue weighted by atomic mass is 10.0. The van der Waals surface area contributed by atoms with Crippen LogP contribution in [0.4, 0.5) is 24.5 Å². The van der Waals surface area contributed by atoms with E-state index in [1.165, 1.54) is 12.4 Å². The molecule has 0 saturated heterocycles. The van der Waals surface area contributed by atoms with Crippen LogP contribution in [-0.4, -0.2) is 4.98 Å². The van der Waals surface area contributed by atoms with Gasteiger partial charge >= 0.3 is 0 Å². The van der Waals surface area contributed by atoms with Crippen molar-refractivity contribution >= 4 is 11.4 Å². The summed E-state index contributed by atoms with van der Waals surface area (Å²) in [5.74, 6) is -4.13. The smallest absolute Gasteiger partial charge is 0.195 e. The zero-order valence-electron chi connectivity index (χ0n) is 8.55. The van der Waals surface area contributed by atoms with Crippen molar-refractivity contribution in [3.63, 3.8) is 0 Å². The molecule has 17 heavy (non-hydrogen) atoms. The zero-order chi connectivity index (χ0) is 12.6. The lowest BCUT2D eigenvalue weighted by Gasteiger charge is -2.09. The number of aromatic nitrogens is 1. The Morgan fingerprint density at radius 1 is 0.882 bits per heavy atom. The molecule has 3 nitrogen and oxygen atoms in total. The first-order chi connectivity index (χ1) is 8.02. The van der Waals surface area contributed by atoms with Crippen molar-refractivity contribution in [2.24, 2.45) is 0 Å². The van der Waals surface area contributed by atoms with Crippen molar-refractivity contribution in [1.82, 2.24) is 4.98 Å². The van der Waals surface area contributed by atoms with E-state index in [0.29, 0.717) is 0 Å². The van der Waals surface area contributed by atoms with Gasteiger partial charge in [-0.2, -0.15) is 0 Å². The van der Waals surface area contributed by atoms with E-state index in [9.17, 15) is 13.2 Å². The first-order valence-electron chi connectivity index (χ1n) is 4.65. The van der Waals surface area contributed by atoms with Gasteiger partial charge in [0.2, 0.25) is 0 Å². The van der Waals surface area contributed by atoms with Crippen LogP contribution in [0.1, 0.15) is 0 Å². The van der Waals surface area contributed by atoms with E-state index in [4.69, 9.17) is 11.5 Å². The van der Waals surface area contributed by atoms with Crippen LogP contribution in [0.2, 0.25) is 0 Å². The maximum Gasteiger partial charge on any atom is 0.195 e. The maximum absolute atomic E-state index is 13.5. The molecule has 2 rings (SSSR count). The van der Waals surface area contributed by atoms with Crippen molar-refractivity contribution < 1.29 is 13.2 Å². The van der Waals surface area contributed by atoms with Gasteiger partial charge < -0.3 is 11.5 Å². The summed E-state index contributed by atoms with van der Waals surface area (Å²) >= 11 is 0. The van der Waals surface area contributed by atoms with Gasteiger partial charge in [-0.1, -0.05) is 0 Å². The molecule has 0 fully saturated rings. The van der Waals surface area contributed by atoms with Crippen molar-refractivity contribution in [2.75, 3.05) is 11.5 Å². The summed E-state index contributed by atoms with van der Waals surface area (Å²) in [6, 6.07) is 1.90. The van der Waals surface area contributed by atoms with Crippen LogP contribution in [0, 0.1) is 17.5 Å². The molecule has 0 aliphatic carbocycles. The third kappa shape index (κ3) is 1.77. The molecule has 0 aliphatic rings. The second kappa shape index (κ2) is 3.97. The van der Waals surface area contributed by atoms with Gasteiger partial charge in [-0.3, -0.25) is 4.98 Å². The first kappa shape index (κ1) is 11.3. The molecule has 0 atom stereocenters. The molecule has 0 bridgehead atoms. The zero-order valence-corrected chi connectivity index (χ0v) is 8.55. The highest BCUT2D eigenvalue weighted by Crippen LogP contribution is 2.32. The average Bonchev–Trinajstić information content (AvgIpc) is 2.31. The van der Waals surface area contributed by atoms with Crippen LogP contribution < -0.4 is 11.5 Å². The van der Waals surface area contributed by atoms with Gasteiger partial charge in [-0.25, -0.2) is 13.2 Å². The van der Waals surface area contributed by atoms with E-state index in [0.717, 1.165) is 12.1 Å². The Labute approximate surface area is 94.9 Å². The van der Waals surface area contributed by atoms with E-state index in [1.807, 2.05) is 0 Å². The van der Waals surface area contributed by atoms with E-state index < -0.39 is 17.5 Å². The number of pyridine rings is 1. The molecular weight excluding hydrogens is 231 g/mol. The van der Waals surface area contributed by atoms with Gasteiger partial charge in [0.15, 0.2) is 17.5 Å². The molecule has 0 spiro atoms. The summed E-state index contributed by atoms with van der Waals surface area (Å²) in [5.41, 5.74) is 11.3. The Balaban J connectivity index is 2.69. The van der Waals surface area contributed by atoms with Crippen LogP contribution >= 0.6 is 0 Å². The average molecular weight is 239 g/mol. The fourth-order valence-electron chi connectivity index (χ4n) is 1.44. The molecule has 0 saturated carbocycles. The van der Waals surface area contributed by atoms with Gasteiger partial charge in [0.1, 0.15) is 0 Å². The second-order valence-electron chi connectivity index (χ2n) is 3.41. The van der Waals surface area contributed by atoms with Crippen LogP contribution in [0.15, 0.2) is 24.5 Å². The number of hydrogen-bond acceptors (Lipinski definition) is 3. The highest BCUT2D eigenvalue weighted by Gasteiger charge is 2.17. The number of halogens is 3. The van der Waals surface area contributed by atoms with E-state index in [-0.39, 0.29) is 22.5 Å². The summed E-state index contributed by atoms with van der Waals surface area (Å²) in [7, 11) is 0. The maximum atomic E-state index is 13.5. The molecule has 4 N–H and O–H groups in total. The summed E-state index contributed by atoms with van der Waals surface area (Å²) < 4.78 is 39.4. The topological polar surface area (TPSA) is 64.9 Å². The number of nitrogens with zero attached hydrogens (tertiary/aromatic N) is 1. The fraction of sp³-hybridized carbons (Fsp3) is 0. The number of nitrogens with two attached hydrogens (primary N) is 2. The molecule has 1 heterocycles. The van der Waals surface area contributed by atoms with E-state index in [2.05, 4.69) is 4.98 Å². The number of anilines is 2. The SMILES string of the molecule is Nc1cncc(-c2ccc(F)c(F)c2F)c1N. The monoisotopic (exact) mass is 239 g/mol. The van der Waals surface area contributed by atoms with Crippen molar-refractivity contribution in [3.8, 4) is 11.1 Å². The third-order valence-corrected chi connectivity index (χ3v) is 2.34. The molecule has 0 aliphatic heterocycles. The molecule has 1 aromatic heterocycles. The largest absolute Gasteiger partial charge is 0.396 e. The number of hydrogen-bond donors (Lipinski definition) is 2. The third-order valence-electron chi connectivity index (χ3n) is 2.34. The number of nitrogen functional groups attached to an aromatic ring is 2. The van der Waals surface area contributed by atoms with Crippen LogP contribution in [0.25, 0.3) is 11.1 Å². The summed E-state index contributed by atoms with van der Waals surface area (Å²) in [6.45, 7) is 0. The van der Waals surface area contributed by atoms with Gasteiger partial charge in [0.25, 0.3) is 0 Å². The Kier molecular flexibility index (Phi) is 2.63. The molecule has 0 radical (unpaired) electrons. The van der Waals surface area contributed by atoms with Gasteiger partial charge in [-0.15, -0.1) is 0 Å². The predicted molar refractivity (Wildman–Crippen MR) is 58.4 cm³/mol. The molecule has 0 amide bonds. The number of benzene rings is 1. The van der Waals surface area contributed by atoms with Crippen LogP contribution in [0.3, 0.4) is 0 Å². The van der Waals surface area contributed by atoms with Gasteiger partial charge in [-0.05, 0) is 12.1 Å². The normalized spacial score (nSPS) is 10.5. The lowest BCUT2D eigenvalue weighted by molar-refractivity contribution is 0.449.